The minimum absolute atomic E-state index is 0.0592. The summed E-state index contributed by atoms with van der Waals surface area (Å²) in [4.78, 5) is 19.1. The number of fused-ring (bicyclic) bond motifs is 1. The van der Waals surface area contributed by atoms with Crippen molar-refractivity contribution in [1.29, 1.82) is 5.26 Å². The number of allylic oxidation sites excluding steroid dienone is 4. The molecule has 6 nitrogen and oxygen atoms in total. The first kappa shape index (κ1) is 22.0. The van der Waals surface area contributed by atoms with Crippen molar-refractivity contribution in [2.24, 2.45) is 0 Å². The Labute approximate surface area is 200 Å². The van der Waals surface area contributed by atoms with Gasteiger partial charge in [-0.15, -0.1) is 0 Å². The maximum atomic E-state index is 12.9. The van der Waals surface area contributed by atoms with Gasteiger partial charge in [0.15, 0.2) is 0 Å². The number of pyridine rings is 1. The molecule has 0 unspecified atom stereocenters. The molecule has 2 aromatic rings. The van der Waals surface area contributed by atoms with Gasteiger partial charge in [0.1, 0.15) is 0 Å². The number of nitrogens with one attached hydrogen (secondary N) is 2. The van der Waals surface area contributed by atoms with Gasteiger partial charge in [0.2, 0.25) is 0 Å². The van der Waals surface area contributed by atoms with E-state index in [4.69, 9.17) is 0 Å². The molecule has 1 amide bonds. The third-order valence-electron chi connectivity index (χ3n) is 6.83. The van der Waals surface area contributed by atoms with E-state index in [-0.39, 0.29) is 5.91 Å². The molecule has 0 radical (unpaired) electrons. The molecule has 1 fully saturated rings. The summed E-state index contributed by atoms with van der Waals surface area (Å²) < 4.78 is 0. The lowest BCUT2D eigenvalue weighted by atomic mass is 9.91. The minimum Gasteiger partial charge on any atom is -0.387 e. The number of nitriles is 1. The van der Waals surface area contributed by atoms with Crippen LogP contribution in [0.4, 0.5) is 5.69 Å². The third kappa shape index (κ3) is 4.60. The zero-order valence-electron chi connectivity index (χ0n) is 19.5. The van der Waals surface area contributed by atoms with Crippen LogP contribution in [0.25, 0.3) is 11.6 Å². The number of piperidine rings is 1. The fourth-order valence-corrected chi connectivity index (χ4v) is 4.86. The van der Waals surface area contributed by atoms with E-state index in [2.05, 4.69) is 46.0 Å². The Morgan fingerprint density at radius 3 is 2.88 bits per heavy atom. The molecular formula is C28H29N5O. The lowest BCUT2D eigenvalue weighted by Crippen LogP contribution is -2.42. The zero-order chi connectivity index (χ0) is 23.5. The second kappa shape index (κ2) is 9.56. The van der Waals surface area contributed by atoms with E-state index in [1.807, 2.05) is 36.2 Å². The zero-order valence-corrected chi connectivity index (χ0v) is 19.5. The van der Waals surface area contributed by atoms with Gasteiger partial charge in [-0.3, -0.25) is 9.78 Å². The van der Waals surface area contributed by atoms with Crippen LogP contribution in [0.1, 0.15) is 58.4 Å². The Morgan fingerprint density at radius 1 is 1.26 bits per heavy atom. The number of benzene rings is 1. The number of hydrogen-bond acceptors (Lipinski definition) is 5. The highest BCUT2D eigenvalue weighted by molar-refractivity contribution is 5.94. The molecule has 3 aliphatic rings. The van der Waals surface area contributed by atoms with E-state index in [0.29, 0.717) is 11.6 Å². The van der Waals surface area contributed by atoms with Crippen LogP contribution in [-0.2, 0) is 6.54 Å². The lowest BCUT2D eigenvalue weighted by Gasteiger charge is -2.34. The lowest BCUT2D eigenvalue weighted by molar-refractivity contribution is 0.0718. The Kier molecular flexibility index (Phi) is 6.18. The first-order valence-corrected chi connectivity index (χ1v) is 12.0. The van der Waals surface area contributed by atoms with Crippen molar-refractivity contribution in [3.63, 3.8) is 0 Å². The van der Waals surface area contributed by atoms with Gasteiger partial charge < -0.3 is 15.5 Å². The summed E-state index contributed by atoms with van der Waals surface area (Å²) in [7, 11) is 0. The molecule has 3 heterocycles. The van der Waals surface area contributed by atoms with Crippen molar-refractivity contribution in [3.05, 3.63) is 82.3 Å². The van der Waals surface area contributed by atoms with Crippen LogP contribution in [-0.4, -0.2) is 34.9 Å². The highest BCUT2D eigenvalue weighted by Gasteiger charge is 2.25. The Hall–Kier alpha value is -3.85. The smallest absolute Gasteiger partial charge is 0.255 e. The van der Waals surface area contributed by atoms with Crippen LogP contribution >= 0.6 is 0 Å². The average molecular weight is 452 g/mol. The number of carbonyl (C=O) groups excluding carboxylic acids is 1. The van der Waals surface area contributed by atoms with Crippen molar-refractivity contribution in [2.75, 3.05) is 18.4 Å². The van der Waals surface area contributed by atoms with Gasteiger partial charge in [0, 0.05) is 54.4 Å². The number of anilines is 1. The monoisotopic (exact) mass is 451 g/mol. The van der Waals surface area contributed by atoms with Gasteiger partial charge in [0.05, 0.1) is 11.6 Å². The molecule has 0 saturated carbocycles. The number of likely N-dealkylation sites (tertiary alicyclic amines) is 1. The highest BCUT2D eigenvalue weighted by atomic mass is 16.2. The largest absolute Gasteiger partial charge is 0.387 e. The summed E-state index contributed by atoms with van der Waals surface area (Å²) in [5.74, 6) is 0.0592. The molecule has 1 aliphatic carbocycles. The van der Waals surface area contributed by atoms with Gasteiger partial charge in [0.25, 0.3) is 5.91 Å². The number of hydrogen-bond donors (Lipinski definition) is 2. The number of amides is 1. The number of rotatable bonds is 4. The van der Waals surface area contributed by atoms with Crippen LogP contribution < -0.4 is 10.6 Å². The molecule has 0 atom stereocenters. The summed E-state index contributed by atoms with van der Waals surface area (Å²) in [6, 6.07) is 10.8. The first-order valence-electron chi connectivity index (χ1n) is 12.0. The molecule has 6 heteroatoms. The van der Waals surface area contributed by atoms with E-state index >= 15 is 0 Å². The van der Waals surface area contributed by atoms with Crippen LogP contribution in [0.15, 0.2) is 54.4 Å². The summed E-state index contributed by atoms with van der Waals surface area (Å²) in [6.45, 7) is 4.16. The van der Waals surface area contributed by atoms with Crippen LogP contribution in [0, 0.1) is 18.3 Å². The standard InChI is InChI=1S/C28H29N5O/c1-19-5-6-23(17-31-19)28(34)33-11-8-25(9-12-33)32-27-15-24(14-22-7-10-30-18-26(22)27)21-4-2-3-20(13-21)16-29/h4-7,10,13-15,17,25,30,32H,2-3,8-9,11-12,18H2,1H3. The number of nitrogens with zero attached hydrogens (tertiary/aromatic N) is 3. The maximum Gasteiger partial charge on any atom is 0.255 e. The maximum absolute atomic E-state index is 12.9. The number of aromatic nitrogens is 1. The van der Waals surface area contributed by atoms with E-state index in [9.17, 15) is 10.1 Å². The molecule has 2 aliphatic heterocycles. The van der Waals surface area contributed by atoms with Gasteiger partial charge in [-0.2, -0.15) is 5.26 Å². The normalized spacial score (nSPS) is 17.7. The van der Waals surface area contributed by atoms with E-state index in [0.717, 1.165) is 73.4 Å². The molecule has 172 valence electrons. The SMILES string of the molecule is Cc1ccc(C(=O)N2CCC(Nc3cc(C4=CCCC(C#N)=C4)cc4c3CNC=C4)CC2)cn1. The van der Waals surface area contributed by atoms with E-state index < -0.39 is 0 Å². The molecule has 34 heavy (non-hydrogen) atoms. The van der Waals surface area contributed by atoms with E-state index in [1.54, 1.807) is 6.20 Å². The van der Waals surface area contributed by atoms with Crippen LogP contribution in [0.2, 0.25) is 0 Å². The van der Waals surface area contributed by atoms with Gasteiger partial charge >= 0.3 is 0 Å². The van der Waals surface area contributed by atoms with Crippen molar-refractivity contribution in [2.45, 2.75) is 45.2 Å². The topological polar surface area (TPSA) is 81.0 Å². The molecular weight excluding hydrogens is 422 g/mol. The van der Waals surface area contributed by atoms with Gasteiger partial charge in [-0.25, -0.2) is 0 Å². The van der Waals surface area contributed by atoms with Crippen molar-refractivity contribution < 1.29 is 4.79 Å². The average Bonchev–Trinajstić information content (AvgIpc) is 2.89. The van der Waals surface area contributed by atoms with E-state index in [1.165, 1.54) is 11.1 Å². The highest BCUT2D eigenvalue weighted by Crippen LogP contribution is 2.33. The van der Waals surface area contributed by atoms with Crippen LogP contribution in [0.3, 0.4) is 0 Å². The first-order chi connectivity index (χ1) is 16.6. The number of aryl methyl sites for hydroxylation is 1. The summed E-state index contributed by atoms with van der Waals surface area (Å²) in [5.41, 5.74) is 8.26. The minimum atomic E-state index is 0.0592. The number of carbonyl (C=O) groups is 1. The third-order valence-corrected chi connectivity index (χ3v) is 6.83. The second-order valence-electron chi connectivity index (χ2n) is 9.18. The Bertz CT molecular complexity index is 1220. The fourth-order valence-electron chi connectivity index (χ4n) is 4.86. The van der Waals surface area contributed by atoms with Crippen molar-refractivity contribution >= 4 is 23.2 Å². The van der Waals surface area contributed by atoms with Gasteiger partial charge in [-0.1, -0.05) is 6.08 Å². The Morgan fingerprint density at radius 2 is 2.12 bits per heavy atom. The second-order valence-corrected chi connectivity index (χ2v) is 9.18. The molecule has 0 bridgehead atoms. The van der Waals surface area contributed by atoms with Crippen molar-refractivity contribution in [3.8, 4) is 6.07 Å². The quantitative estimate of drug-likeness (QED) is 0.697. The summed E-state index contributed by atoms with van der Waals surface area (Å²) in [6.07, 6.45) is 13.5. The molecule has 0 spiro atoms. The predicted octanol–water partition coefficient (Wildman–Crippen LogP) is 4.81. The van der Waals surface area contributed by atoms with Crippen LogP contribution in [0.5, 0.6) is 0 Å². The fraction of sp³-hybridized carbons (Fsp3) is 0.321. The Balaban J connectivity index is 1.32. The van der Waals surface area contributed by atoms with Crippen molar-refractivity contribution in [1.82, 2.24) is 15.2 Å². The molecule has 1 aromatic heterocycles. The van der Waals surface area contributed by atoms with Gasteiger partial charge in [-0.05, 0) is 91.9 Å². The molecule has 5 rings (SSSR count). The summed E-state index contributed by atoms with van der Waals surface area (Å²) >= 11 is 0. The molecule has 2 N–H and O–H groups in total. The predicted molar refractivity (Wildman–Crippen MR) is 135 cm³/mol. The molecule has 1 saturated heterocycles. The molecule has 1 aromatic carbocycles. The summed E-state index contributed by atoms with van der Waals surface area (Å²) in [5, 5.41) is 16.5.